The zero-order chi connectivity index (χ0) is 16.7. The van der Waals surface area contributed by atoms with Crippen molar-refractivity contribution in [2.24, 2.45) is 0 Å². The maximum absolute atomic E-state index is 12.3. The summed E-state index contributed by atoms with van der Waals surface area (Å²) in [5, 5.41) is 10.9. The highest BCUT2D eigenvalue weighted by Crippen LogP contribution is 2.29. The molecular formula is C17H15ClN2O3. The number of aromatic nitrogens is 1. The van der Waals surface area contributed by atoms with E-state index >= 15 is 0 Å². The Hall–Kier alpha value is -2.53. The molecule has 5 nitrogen and oxygen atoms in total. The van der Waals surface area contributed by atoms with E-state index in [0.717, 1.165) is 10.9 Å². The molecule has 3 N–H and O–H groups in total. The molecule has 0 aliphatic rings. The molecule has 0 amide bonds. The van der Waals surface area contributed by atoms with Gasteiger partial charge in [0.25, 0.3) is 0 Å². The zero-order valence-electron chi connectivity index (χ0n) is 12.7. The third-order valence-corrected chi connectivity index (χ3v) is 4.40. The number of nitrogens with zero attached hydrogens (tertiary/aromatic N) is 1. The molecule has 0 aliphatic carbocycles. The van der Waals surface area contributed by atoms with E-state index in [0.29, 0.717) is 33.7 Å². The fraction of sp³-hybridized carbons (Fsp3) is 0.176. The van der Waals surface area contributed by atoms with Gasteiger partial charge in [0.2, 0.25) is 0 Å². The standard InChI is InChI=1S/C17H15ClN2O3/c1-8-5-11-9(2)12(17(22)23-14(11)7-13(8)21)6-10-3-4-20-16(19)15(10)18/h3-5,7,21H,6H2,1-2H3,(H2,19,20). The second-order valence-electron chi connectivity index (χ2n) is 5.47. The fourth-order valence-corrected chi connectivity index (χ4v) is 2.74. The van der Waals surface area contributed by atoms with Gasteiger partial charge < -0.3 is 15.3 Å². The van der Waals surface area contributed by atoms with Crippen LogP contribution in [0.25, 0.3) is 11.0 Å². The second kappa shape index (κ2) is 5.59. The van der Waals surface area contributed by atoms with Gasteiger partial charge in [-0.1, -0.05) is 11.6 Å². The van der Waals surface area contributed by atoms with Crippen LogP contribution in [0.2, 0.25) is 5.02 Å². The van der Waals surface area contributed by atoms with Gasteiger partial charge in [-0.25, -0.2) is 9.78 Å². The normalized spacial score (nSPS) is 11.1. The molecule has 0 unspecified atom stereocenters. The summed E-state index contributed by atoms with van der Waals surface area (Å²) in [4.78, 5) is 16.2. The van der Waals surface area contributed by atoms with E-state index < -0.39 is 5.63 Å². The van der Waals surface area contributed by atoms with E-state index in [9.17, 15) is 9.90 Å². The lowest BCUT2D eigenvalue weighted by Crippen LogP contribution is -2.11. The van der Waals surface area contributed by atoms with Crippen molar-refractivity contribution in [2.45, 2.75) is 20.3 Å². The van der Waals surface area contributed by atoms with Crippen molar-refractivity contribution in [1.82, 2.24) is 4.98 Å². The van der Waals surface area contributed by atoms with Crippen LogP contribution in [0.1, 0.15) is 22.3 Å². The van der Waals surface area contributed by atoms with Gasteiger partial charge in [-0.2, -0.15) is 0 Å². The molecule has 6 heteroatoms. The Balaban J connectivity index is 2.20. The summed E-state index contributed by atoms with van der Waals surface area (Å²) in [6.07, 6.45) is 1.85. The van der Waals surface area contributed by atoms with Gasteiger partial charge in [-0.05, 0) is 42.7 Å². The minimum Gasteiger partial charge on any atom is -0.508 e. The van der Waals surface area contributed by atoms with E-state index in [2.05, 4.69) is 4.98 Å². The Labute approximate surface area is 137 Å². The third-order valence-electron chi connectivity index (χ3n) is 3.97. The lowest BCUT2D eigenvalue weighted by Gasteiger charge is -2.10. The van der Waals surface area contributed by atoms with Crippen LogP contribution in [0.4, 0.5) is 5.82 Å². The van der Waals surface area contributed by atoms with E-state index in [4.69, 9.17) is 21.8 Å². The van der Waals surface area contributed by atoms with Crippen LogP contribution in [0.3, 0.4) is 0 Å². The second-order valence-corrected chi connectivity index (χ2v) is 5.85. The van der Waals surface area contributed by atoms with Crippen molar-refractivity contribution in [3.63, 3.8) is 0 Å². The highest BCUT2D eigenvalue weighted by Gasteiger charge is 2.15. The Morgan fingerprint density at radius 3 is 2.83 bits per heavy atom. The molecule has 0 bridgehead atoms. The Morgan fingerprint density at radius 2 is 2.09 bits per heavy atom. The largest absolute Gasteiger partial charge is 0.508 e. The van der Waals surface area contributed by atoms with Gasteiger partial charge in [0.05, 0.1) is 5.02 Å². The first-order valence-electron chi connectivity index (χ1n) is 7.03. The highest BCUT2D eigenvalue weighted by molar-refractivity contribution is 6.33. The fourth-order valence-electron chi connectivity index (χ4n) is 2.57. The minimum absolute atomic E-state index is 0.0951. The smallest absolute Gasteiger partial charge is 0.340 e. The molecule has 23 heavy (non-hydrogen) atoms. The number of nitrogen functional groups attached to an aromatic ring is 1. The van der Waals surface area contributed by atoms with E-state index in [1.54, 1.807) is 25.3 Å². The Kier molecular flexibility index (Phi) is 3.74. The van der Waals surface area contributed by atoms with Crippen LogP contribution in [-0.4, -0.2) is 10.1 Å². The maximum atomic E-state index is 12.3. The van der Waals surface area contributed by atoms with Crippen LogP contribution in [0.15, 0.2) is 33.6 Å². The summed E-state index contributed by atoms with van der Waals surface area (Å²) < 4.78 is 5.35. The summed E-state index contributed by atoms with van der Waals surface area (Å²) in [5.74, 6) is 0.325. The van der Waals surface area contributed by atoms with Gasteiger partial charge in [0.1, 0.15) is 17.2 Å². The Bertz CT molecular complexity index is 980. The number of pyridine rings is 1. The van der Waals surface area contributed by atoms with E-state index in [-0.39, 0.29) is 11.6 Å². The summed E-state index contributed by atoms with van der Waals surface area (Å²) in [6, 6.07) is 4.99. The monoisotopic (exact) mass is 330 g/mol. The molecule has 118 valence electrons. The number of fused-ring (bicyclic) bond motifs is 1. The number of phenols is 1. The van der Waals surface area contributed by atoms with Crippen molar-refractivity contribution in [2.75, 3.05) is 5.73 Å². The van der Waals surface area contributed by atoms with Crippen LogP contribution in [0, 0.1) is 13.8 Å². The summed E-state index contributed by atoms with van der Waals surface area (Å²) in [7, 11) is 0. The number of hydrogen-bond donors (Lipinski definition) is 2. The van der Waals surface area contributed by atoms with Crippen molar-refractivity contribution < 1.29 is 9.52 Å². The number of aromatic hydroxyl groups is 1. The highest BCUT2D eigenvalue weighted by atomic mass is 35.5. The SMILES string of the molecule is Cc1cc2c(C)c(Cc3ccnc(N)c3Cl)c(=O)oc2cc1O. The van der Waals surface area contributed by atoms with Crippen molar-refractivity contribution in [3.8, 4) is 5.75 Å². The number of hydrogen-bond acceptors (Lipinski definition) is 5. The van der Waals surface area contributed by atoms with Crippen LogP contribution in [0.5, 0.6) is 5.75 Å². The summed E-state index contributed by atoms with van der Waals surface area (Å²) >= 11 is 6.16. The first kappa shape index (κ1) is 15.4. The van der Waals surface area contributed by atoms with Crippen molar-refractivity contribution in [3.05, 3.63) is 62.1 Å². The van der Waals surface area contributed by atoms with Crippen LogP contribution in [-0.2, 0) is 6.42 Å². The molecule has 3 rings (SSSR count). The maximum Gasteiger partial charge on any atom is 0.340 e. The van der Waals surface area contributed by atoms with Gasteiger partial charge in [0.15, 0.2) is 0 Å². The third kappa shape index (κ3) is 2.64. The number of aryl methyl sites for hydroxylation is 2. The topological polar surface area (TPSA) is 89.4 Å². The van der Waals surface area contributed by atoms with Gasteiger partial charge in [-0.15, -0.1) is 0 Å². The predicted octanol–water partition coefficient (Wildman–Crippen LogP) is 3.34. The van der Waals surface area contributed by atoms with Crippen LogP contribution < -0.4 is 11.4 Å². The number of benzene rings is 1. The number of anilines is 1. The molecule has 0 radical (unpaired) electrons. The molecule has 0 spiro atoms. The van der Waals surface area contributed by atoms with Crippen molar-refractivity contribution in [1.29, 1.82) is 0 Å². The van der Waals surface area contributed by atoms with Crippen LogP contribution >= 0.6 is 11.6 Å². The van der Waals surface area contributed by atoms with Crippen molar-refractivity contribution >= 4 is 28.4 Å². The molecule has 0 atom stereocenters. The lowest BCUT2D eigenvalue weighted by atomic mass is 9.99. The molecule has 2 heterocycles. The molecule has 3 aromatic rings. The predicted molar refractivity (Wildman–Crippen MR) is 90.1 cm³/mol. The first-order valence-corrected chi connectivity index (χ1v) is 7.41. The average molecular weight is 331 g/mol. The quantitative estimate of drug-likeness (QED) is 0.703. The molecule has 0 aliphatic heterocycles. The Morgan fingerprint density at radius 1 is 1.35 bits per heavy atom. The molecule has 0 fully saturated rings. The van der Waals surface area contributed by atoms with Gasteiger partial charge >= 0.3 is 5.63 Å². The number of phenolic OH excluding ortho intramolecular Hbond substituents is 1. The van der Waals surface area contributed by atoms with Gasteiger partial charge in [-0.3, -0.25) is 0 Å². The molecule has 0 saturated heterocycles. The van der Waals surface area contributed by atoms with Gasteiger partial charge in [0, 0.05) is 29.6 Å². The molecular weight excluding hydrogens is 316 g/mol. The van der Waals surface area contributed by atoms with E-state index in [1.807, 2.05) is 6.92 Å². The average Bonchev–Trinajstić information content (AvgIpc) is 2.50. The molecule has 2 aromatic heterocycles. The summed E-state index contributed by atoms with van der Waals surface area (Å²) in [5.41, 5.74) is 8.35. The number of nitrogens with two attached hydrogens (primary N) is 1. The minimum atomic E-state index is -0.454. The molecule has 1 aromatic carbocycles. The number of rotatable bonds is 2. The summed E-state index contributed by atoms with van der Waals surface area (Å²) in [6.45, 7) is 3.64. The van der Waals surface area contributed by atoms with E-state index in [1.165, 1.54) is 6.07 Å². The lowest BCUT2D eigenvalue weighted by molar-refractivity contribution is 0.468. The molecule has 0 saturated carbocycles. The zero-order valence-corrected chi connectivity index (χ0v) is 13.4. The number of halogens is 1. The first-order chi connectivity index (χ1) is 10.9.